The molecule has 2 nitrogen and oxygen atoms in total. The standard InChI is InChI=1S/C9H19NO/c1-3-9(10)8(6-11-2)7-4-5-7/h7-9H,3-6,10H2,1-2H3. The predicted octanol–water partition coefficient (Wildman–Crippen LogP) is 1.40. The molecule has 2 atom stereocenters. The molecule has 1 rings (SSSR count). The van der Waals surface area contributed by atoms with Gasteiger partial charge in [-0.1, -0.05) is 6.92 Å². The Morgan fingerprint density at radius 3 is 2.55 bits per heavy atom. The van der Waals surface area contributed by atoms with E-state index in [-0.39, 0.29) is 0 Å². The van der Waals surface area contributed by atoms with E-state index in [1.807, 2.05) is 0 Å². The lowest BCUT2D eigenvalue weighted by atomic mass is 9.94. The van der Waals surface area contributed by atoms with Gasteiger partial charge in [0, 0.05) is 19.1 Å². The van der Waals surface area contributed by atoms with Gasteiger partial charge < -0.3 is 10.5 Å². The molecule has 0 heterocycles. The van der Waals surface area contributed by atoms with E-state index in [4.69, 9.17) is 10.5 Å². The van der Waals surface area contributed by atoms with Crippen molar-refractivity contribution in [1.82, 2.24) is 0 Å². The van der Waals surface area contributed by atoms with Gasteiger partial charge >= 0.3 is 0 Å². The van der Waals surface area contributed by atoms with Gasteiger partial charge in [-0.2, -0.15) is 0 Å². The molecule has 0 saturated heterocycles. The quantitative estimate of drug-likeness (QED) is 0.654. The Morgan fingerprint density at radius 1 is 1.55 bits per heavy atom. The van der Waals surface area contributed by atoms with Crippen molar-refractivity contribution in [2.24, 2.45) is 17.6 Å². The third-order valence-corrected chi connectivity index (χ3v) is 2.61. The summed E-state index contributed by atoms with van der Waals surface area (Å²) in [6.45, 7) is 3.00. The van der Waals surface area contributed by atoms with Crippen LogP contribution in [0, 0.1) is 11.8 Å². The van der Waals surface area contributed by atoms with Crippen LogP contribution in [-0.2, 0) is 4.74 Å². The van der Waals surface area contributed by atoms with Crippen molar-refractivity contribution in [3.8, 4) is 0 Å². The van der Waals surface area contributed by atoms with Gasteiger partial charge in [0.2, 0.25) is 0 Å². The van der Waals surface area contributed by atoms with Gasteiger partial charge in [0.05, 0.1) is 6.61 Å². The van der Waals surface area contributed by atoms with Crippen LogP contribution in [0.1, 0.15) is 26.2 Å². The highest BCUT2D eigenvalue weighted by molar-refractivity contribution is 4.86. The van der Waals surface area contributed by atoms with Crippen molar-refractivity contribution in [3.05, 3.63) is 0 Å². The monoisotopic (exact) mass is 157 g/mol. The van der Waals surface area contributed by atoms with Gasteiger partial charge in [-0.05, 0) is 25.2 Å². The Hall–Kier alpha value is -0.0800. The molecule has 2 N–H and O–H groups in total. The van der Waals surface area contributed by atoms with E-state index in [1.54, 1.807) is 7.11 Å². The van der Waals surface area contributed by atoms with Crippen LogP contribution >= 0.6 is 0 Å². The average molecular weight is 157 g/mol. The number of hydrogen-bond donors (Lipinski definition) is 1. The number of rotatable bonds is 5. The summed E-state index contributed by atoms with van der Waals surface area (Å²) in [5, 5.41) is 0. The van der Waals surface area contributed by atoms with Crippen LogP contribution in [0.25, 0.3) is 0 Å². The molecule has 66 valence electrons. The molecular formula is C9H19NO. The number of hydrogen-bond acceptors (Lipinski definition) is 2. The van der Waals surface area contributed by atoms with Crippen molar-refractivity contribution in [1.29, 1.82) is 0 Å². The summed E-state index contributed by atoms with van der Waals surface area (Å²) in [6, 6.07) is 0.349. The topological polar surface area (TPSA) is 35.2 Å². The third-order valence-electron chi connectivity index (χ3n) is 2.61. The molecule has 0 amide bonds. The highest BCUT2D eigenvalue weighted by atomic mass is 16.5. The smallest absolute Gasteiger partial charge is 0.0507 e. The molecule has 1 fully saturated rings. The molecule has 2 heteroatoms. The number of ether oxygens (including phenoxy) is 1. The summed E-state index contributed by atoms with van der Waals surface area (Å²) in [6.07, 6.45) is 3.80. The lowest BCUT2D eigenvalue weighted by molar-refractivity contribution is 0.126. The molecule has 0 radical (unpaired) electrons. The van der Waals surface area contributed by atoms with E-state index in [0.29, 0.717) is 12.0 Å². The molecule has 2 unspecified atom stereocenters. The molecule has 0 aromatic heterocycles. The lowest BCUT2D eigenvalue weighted by Gasteiger charge is -2.21. The zero-order chi connectivity index (χ0) is 8.27. The van der Waals surface area contributed by atoms with E-state index >= 15 is 0 Å². The highest BCUT2D eigenvalue weighted by Gasteiger charge is 2.34. The second kappa shape index (κ2) is 4.07. The van der Waals surface area contributed by atoms with E-state index in [2.05, 4.69) is 6.92 Å². The van der Waals surface area contributed by atoms with Crippen molar-refractivity contribution >= 4 is 0 Å². The van der Waals surface area contributed by atoms with Gasteiger partial charge in [-0.3, -0.25) is 0 Å². The molecule has 0 bridgehead atoms. The Kier molecular flexibility index (Phi) is 3.34. The molecule has 0 aliphatic heterocycles. The second-order valence-electron chi connectivity index (χ2n) is 3.53. The van der Waals surface area contributed by atoms with Crippen LogP contribution in [0.5, 0.6) is 0 Å². The maximum absolute atomic E-state index is 5.96. The molecule has 1 saturated carbocycles. The van der Waals surface area contributed by atoms with Crippen molar-refractivity contribution in [2.45, 2.75) is 32.2 Å². The van der Waals surface area contributed by atoms with Crippen molar-refractivity contribution in [2.75, 3.05) is 13.7 Å². The first-order valence-electron chi connectivity index (χ1n) is 4.54. The molecule has 11 heavy (non-hydrogen) atoms. The van der Waals surface area contributed by atoms with Gasteiger partial charge in [0.1, 0.15) is 0 Å². The fourth-order valence-corrected chi connectivity index (χ4v) is 1.63. The molecule has 0 aromatic rings. The third kappa shape index (κ3) is 2.46. The van der Waals surface area contributed by atoms with Crippen LogP contribution in [0.3, 0.4) is 0 Å². The Labute approximate surface area is 69.1 Å². The van der Waals surface area contributed by atoms with Gasteiger partial charge in [0.15, 0.2) is 0 Å². The minimum Gasteiger partial charge on any atom is -0.384 e. The van der Waals surface area contributed by atoms with E-state index < -0.39 is 0 Å². The first kappa shape index (κ1) is 9.01. The summed E-state index contributed by atoms with van der Waals surface area (Å²) >= 11 is 0. The van der Waals surface area contributed by atoms with Crippen LogP contribution in [0.4, 0.5) is 0 Å². The fraction of sp³-hybridized carbons (Fsp3) is 1.00. The summed E-state index contributed by atoms with van der Waals surface area (Å²) in [7, 11) is 1.76. The molecule has 1 aliphatic carbocycles. The maximum Gasteiger partial charge on any atom is 0.0507 e. The zero-order valence-electron chi connectivity index (χ0n) is 7.55. The van der Waals surface area contributed by atoms with Crippen molar-refractivity contribution in [3.63, 3.8) is 0 Å². The van der Waals surface area contributed by atoms with Crippen LogP contribution in [0.2, 0.25) is 0 Å². The van der Waals surface area contributed by atoms with E-state index in [1.165, 1.54) is 12.8 Å². The van der Waals surface area contributed by atoms with E-state index in [9.17, 15) is 0 Å². The molecular weight excluding hydrogens is 138 g/mol. The molecule has 0 aromatic carbocycles. The number of nitrogens with two attached hydrogens (primary N) is 1. The van der Waals surface area contributed by atoms with Gasteiger partial charge in [-0.25, -0.2) is 0 Å². The summed E-state index contributed by atoms with van der Waals surface area (Å²) in [4.78, 5) is 0. The first-order valence-corrected chi connectivity index (χ1v) is 4.54. The Balaban J connectivity index is 2.30. The minimum atomic E-state index is 0.349. The summed E-state index contributed by atoms with van der Waals surface area (Å²) in [5.41, 5.74) is 5.96. The first-order chi connectivity index (χ1) is 5.29. The van der Waals surface area contributed by atoms with Crippen LogP contribution in [0.15, 0.2) is 0 Å². The Morgan fingerprint density at radius 2 is 2.18 bits per heavy atom. The SMILES string of the molecule is CCC(N)C(COC)C1CC1. The predicted molar refractivity (Wildman–Crippen MR) is 46.4 cm³/mol. The normalized spacial score (nSPS) is 23.2. The Bertz CT molecular complexity index is 112. The number of methoxy groups -OCH3 is 1. The van der Waals surface area contributed by atoms with Crippen LogP contribution in [-0.4, -0.2) is 19.8 Å². The van der Waals surface area contributed by atoms with Gasteiger partial charge in [0.25, 0.3) is 0 Å². The second-order valence-corrected chi connectivity index (χ2v) is 3.53. The average Bonchev–Trinajstić information content (AvgIpc) is 2.81. The lowest BCUT2D eigenvalue weighted by Crippen LogP contribution is -2.33. The minimum absolute atomic E-state index is 0.349. The van der Waals surface area contributed by atoms with Crippen LogP contribution < -0.4 is 5.73 Å². The van der Waals surface area contributed by atoms with Crippen molar-refractivity contribution < 1.29 is 4.74 Å². The van der Waals surface area contributed by atoms with E-state index in [0.717, 1.165) is 18.9 Å². The van der Waals surface area contributed by atoms with Gasteiger partial charge in [-0.15, -0.1) is 0 Å². The largest absolute Gasteiger partial charge is 0.384 e. The molecule has 0 spiro atoms. The summed E-state index contributed by atoms with van der Waals surface area (Å²) in [5.74, 6) is 1.48. The zero-order valence-corrected chi connectivity index (χ0v) is 7.55. The molecule has 1 aliphatic rings. The fourth-order valence-electron chi connectivity index (χ4n) is 1.63. The maximum atomic E-state index is 5.96. The highest BCUT2D eigenvalue weighted by Crippen LogP contribution is 2.38. The summed E-state index contributed by atoms with van der Waals surface area (Å²) < 4.78 is 5.15.